The average Bonchev–Trinajstić information content (AvgIpc) is 3.14. The van der Waals surface area contributed by atoms with Crippen LogP contribution >= 0.6 is 0 Å². The maximum absolute atomic E-state index is 13.7. The number of carbonyl (C=O) groups excluding carboxylic acids is 2. The highest BCUT2D eigenvalue weighted by Gasteiger charge is 2.26. The number of aromatic amines is 1. The normalized spacial score (nSPS) is 14.4. The van der Waals surface area contributed by atoms with E-state index in [0.29, 0.717) is 40.5 Å². The summed E-state index contributed by atoms with van der Waals surface area (Å²) in [6.07, 6.45) is 4.86. The Balaban J connectivity index is 1.83. The third-order valence-electron chi connectivity index (χ3n) is 5.75. The smallest absolute Gasteiger partial charge is 0.256 e. The van der Waals surface area contributed by atoms with Crippen LogP contribution in [0.3, 0.4) is 0 Å². The summed E-state index contributed by atoms with van der Waals surface area (Å²) >= 11 is 0. The van der Waals surface area contributed by atoms with Gasteiger partial charge in [0.2, 0.25) is 0 Å². The van der Waals surface area contributed by atoms with Crippen LogP contribution < -0.4 is 10.6 Å². The molecule has 0 fully saturated rings. The molecule has 1 aromatic carbocycles. The SMILES string of the molecule is CCC(CC)CCNC(=O)c1c(C)[nH]c(/C=C2\C(=O)Nc3ccc(F)cc32)c1C. The van der Waals surface area contributed by atoms with Gasteiger partial charge >= 0.3 is 0 Å². The maximum Gasteiger partial charge on any atom is 0.256 e. The van der Waals surface area contributed by atoms with E-state index in [-0.39, 0.29) is 11.8 Å². The molecule has 1 aromatic heterocycles. The minimum Gasteiger partial charge on any atom is -0.358 e. The second-order valence-corrected chi connectivity index (χ2v) is 7.59. The molecule has 29 heavy (non-hydrogen) atoms. The number of hydrogen-bond acceptors (Lipinski definition) is 2. The highest BCUT2D eigenvalue weighted by Crippen LogP contribution is 2.34. The molecule has 0 saturated heterocycles. The molecule has 0 unspecified atom stereocenters. The number of carbonyl (C=O) groups is 2. The molecule has 0 bridgehead atoms. The fourth-order valence-electron chi connectivity index (χ4n) is 3.88. The summed E-state index contributed by atoms with van der Waals surface area (Å²) < 4.78 is 13.7. The molecular weight excluding hydrogens is 369 g/mol. The number of anilines is 1. The van der Waals surface area contributed by atoms with Gasteiger partial charge in [-0.05, 0) is 56.0 Å². The molecule has 0 radical (unpaired) electrons. The Labute approximate surface area is 170 Å². The zero-order chi connectivity index (χ0) is 21.1. The second kappa shape index (κ2) is 8.64. The van der Waals surface area contributed by atoms with Crippen molar-refractivity contribution in [2.24, 2.45) is 5.92 Å². The first-order valence-corrected chi connectivity index (χ1v) is 10.2. The van der Waals surface area contributed by atoms with Crippen molar-refractivity contribution in [3.05, 3.63) is 52.1 Å². The number of amides is 2. The minimum atomic E-state index is -0.400. The molecule has 0 spiro atoms. The van der Waals surface area contributed by atoms with E-state index in [4.69, 9.17) is 0 Å². The molecule has 2 aromatic rings. The van der Waals surface area contributed by atoms with Gasteiger partial charge in [-0.15, -0.1) is 0 Å². The van der Waals surface area contributed by atoms with Crippen LogP contribution in [0.4, 0.5) is 10.1 Å². The van der Waals surface area contributed by atoms with Gasteiger partial charge in [0.05, 0.1) is 11.1 Å². The molecule has 5 nitrogen and oxygen atoms in total. The number of halogens is 1. The van der Waals surface area contributed by atoms with E-state index in [1.54, 1.807) is 12.1 Å². The Hall–Kier alpha value is -2.89. The van der Waals surface area contributed by atoms with E-state index in [9.17, 15) is 14.0 Å². The van der Waals surface area contributed by atoms with Crippen LogP contribution in [0.15, 0.2) is 18.2 Å². The van der Waals surface area contributed by atoms with Crippen molar-refractivity contribution in [1.29, 1.82) is 0 Å². The summed E-state index contributed by atoms with van der Waals surface area (Å²) in [4.78, 5) is 28.3. The molecule has 3 N–H and O–H groups in total. The number of aromatic nitrogens is 1. The van der Waals surface area contributed by atoms with E-state index in [2.05, 4.69) is 29.5 Å². The summed E-state index contributed by atoms with van der Waals surface area (Å²) in [5.74, 6) is -0.184. The lowest BCUT2D eigenvalue weighted by molar-refractivity contribution is -0.110. The number of fused-ring (bicyclic) bond motifs is 1. The van der Waals surface area contributed by atoms with Crippen LogP contribution in [0.5, 0.6) is 0 Å². The predicted molar refractivity (Wildman–Crippen MR) is 114 cm³/mol. The van der Waals surface area contributed by atoms with Gasteiger partial charge in [-0.3, -0.25) is 9.59 Å². The molecule has 1 aliphatic heterocycles. The number of rotatable bonds is 7. The predicted octanol–water partition coefficient (Wildman–Crippen LogP) is 4.82. The quantitative estimate of drug-likeness (QED) is 0.586. The number of hydrogen-bond donors (Lipinski definition) is 3. The van der Waals surface area contributed by atoms with Gasteiger partial charge in [0.1, 0.15) is 5.82 Å². The Kier molecular flexibility index (Phi) is 6.20. The van der Waals surface area contributed by atoms with Gasteiger partial charge in [0.25, 0.3) is 11.8 Å². The summed E-state index contributed by atoms with van der Waals surface area (Å²) in [7, 11) is 0. The summed E-state index contributed by atoms with van der Waals surface area (Å²) in [5.41, 5.74) is 4.28. The van der Waals surface area contributed by atoms with E-state index in [1.807, 2.05) is 13.8 Å². The Morgan fingerprint density at radius 3 is 2.66 bits per heavy atom. The van der Waals surface area contributed by atoms with E-state index >= 15 is 0 Å². The third kappa shape index (κ3) is 4.26. The first-order valence-electron chi connectivity index (χ1n) is 10.2. The highest BCUT2D eigenvalue weighted by molar-refractivity contribution is 6.34. The highest BCUT2D eigenvalue weighted by atomic mass is 19.1. The van der Waals surface area contributed by atoms with Crippen molar-refractivity contribution < 1.29 is 14.0 Å². The molecule has 0 saturated carbocycles. The van der Waals surface area contributed by atoms with Crippen molar-refractivity contribution in [3.63, 3.8) is 0 Å². The van der Waals surface area contributed by atoms with Crippen molar-refractivity contribution in [3.8, 4) is 0 Å². The van der Waals surface area contributed by atoms with E-state index < -0.39 is 5.82 Å². The van der Waals surface area contributed by atoms with Crippen molar-refractivity contribution in [2.75, 3.05) is 11.9 Å². The van der Waals surface area contributed by atoms with Gasteiger partial charge in [-0.1, -0.05) is 26.7 Å². The minimum absolute atomic E-state index is 0.117. The lowest BCUT2D eigenvalue weighted by Crippen LogP contribution is -2.26. The summed E-state index contributed by atoms with van der Waals surface area (Å²) in [5, 5.41) is 5.75. The molecule has 2 amide bonds. The van der Waals surface area contributed by atoms with E-state index in [1.165, 1.54) is 12.1 Å². The van der Waals surface area contributed by atoms with Crippen molar-refractivity contribution in [1.82, 2.24) is 10.3 Å². The fraction of sp³-hybridized carbons (Fsp3) is 0.391. The van der Waals surface area contributed by atoms with Crippen LogP contribution in [-0.2, 0) is 4.79 Å². The zero-order valence-corrected chi connectivity index (χ0v) is 17.4. The molecule has 6 heteroatoms. The number of benzene rings is 1. The van der Waals surface area contributed by atoms with Crippen molar-refractivity contribution >= 4 is 29.2 Å². The zero-order valence-electron chi connectivity index (χ0n) is 17.4. The van der Waals surface area contributed by atoms with Crippen molar-refractivity contribution in [2.45, 2.75) is 47.0 Å². The van der Waals surface area contributed by atoms with Gasteiger partial charge in [-0.25, -0.2) is 4.39 Å². The van der Waals surface area contributed by atoms with Crippen LogP contribution in [0.2, 0.25) is 0 Å². The molecule has 0 atom stereocenters. The van der Waals surface area contributed by atoms with Gasteiger partial charge in [0, 0.05) is 29.2 Å². The van der Waals surface area contributed by atoms with Crippen LogP contribution in [0, 0.1) is 25.6 Å². The topological polar surface area (TPSA) is 74.0 Å². The third-order valence-corrected chi connectivity index (χ3v) is 5.75. The lowest BCUT2D eigenvalue weighted by Gasteiger charge is -2.12. The average molecular weight is 397 g/mol. The fourth-order valence-corrected chi connectivity index (χ4v) is 3.88. The summed E-state index contributed by atoms with van der Waals surface area (Å²) in [6, 6.07) is 4.21. The second-order valence-electron chi connectivity index (χ2n) is 7.59. The first kappa shape index (κ1) is 20.8. The molecule has 1 aliphatic rings. The number of aryl methyl sites for hydroxylation is 1. The van der Waals surface area contributed by atoms with Gasteiger partial charge < -0.3 is 15.6 Å². The molecule has 2 heterocycles. The molecule has 0 aliphatic carbocycles. The monoisotopic (exact) mass is 397 g/mol. The first-order chi connectivity index (χ1) is 13.8. The maximum atomic E-state index is 13.7. The van der Waals surface area contributed by atoms with Crippen LogP contribution in [0.1, 0.15) is 66.0 Å². The van der Waals surface area contributed by atoms with E-state index in [0.717, 1.165) is 30.5 Å². The summed E-state index contributed by atoms with van der Waals surface area (Å²) in [6.45, 7) is 8.66. The van der Waals surface area contributed by atoms with Gasteiger partial charge in [-0.2, -0.15) is 0 Å². The Bertz CT molecular complexity index is 971. The van der Waals surface area contributed by atoms with Crippen LogP contribution in [0.25, 0.3) is 11.6 Å². The largest absolute Gasteiger partial charge is 0.358 e. The Morgan fingerprint density at radius 2 is 1.97 bits per heavy atom. The lowest BCUT2D eigenvalue weighted by atomic mass is 9.99. The van der Waals surface area contributed by atoms with Gasteiger partial charge in [0.15, 0.2) is 0 Å². The molecule has 154 valence electrons. The molecule has 3 rings (SSSR count). The van der Waals surface area contributed by atoms with Crippen LogP contribution in [-0.4, -0.2) is 23.3 Å². The number of H-pyrrole nitrogens is 1. The molecular formula is C23H28FN3O2. The number of nitrogens with one attached hydrogen (secondary N) is 3. The Morgan fingerprint density at radius 1 is 1.24 bits per heavy atom. The standard InChI is InChI=1S/C23H28FN3O2/c1-5-15(6-2)9-10-25-23(29)21-13(3)20(26-14(21)4)12-18-17-11-16(24)7-8-19(17)27-22(18)28/h7-8,11-12,15,26H,5-6,9-10H2,1-4H3,(H,25,29)(H,27,28)/b18-12-.